The fourth-order valence-electron chi connectivity index (χ4n) is 3.00. The predicted octanol–water partition coefficient (Wildman–Crippen LogP) is 4.08. The van der Waals surface area contributed by atoms with Gasteiger partial charge >= 0.3 is 0 Å². The number of carbonyl (C=O) groups excluding carboxylic acids is 1. The molecule has 0 saturated heterocycles. The lowest BCUT2D eigenvalue weighted by molar-refractivity contribution is -0.117. The van der Waals surface area contributed by atoms with Crippen LogP contribution in [0.5, 0.6) is 0 Å². The van der Waals surface area contributed by atoms with Crippen LogP contribution in [-0.4, -0.2) is 26.0 Å². The third-order valence-electron chi connectivity index (χ3n) is 4.90. The maximum Gasteiger partial charge on any atom is 0.250 e. The summed E-state index contributed by atoms with van der Waals surface area (Å²) in [6, 6.07) is 13.0. The molecule has 1 aliphatic rings. The van der Waals surface area contributed by atoms with Crippen molar-refractivity contribution in [2.45, 2.75) is 30.4 Å². The molecule has 2 aromatic heterocycles. The van der Waals surface area contributed by atoms with Crippen molar-refractivity contribution in [3.05, 3.63) is 64.4 Å². The Morgan fingerprint density at radius 1 is 1.19 bits per heavy atom. The molecule has 0 bridgehead atoms. The first kappa shape index (κ1) is 21.5. The first-order valence-corrected chi connectivity index (χ1v) is 12.3. The molecule has 0 unspecified atom stereocenters. The lowest BCUT2D eigenvalue weighted by Crippen LogP contribution is -2.25. The van der Waals surface area contributed by atoms with E-state index in [2.05, 4.69) is 15.2 Å². The van der Waals surface area contributed by atoms with E-state index >= 15 is 0 Å². The molecular formula is C22H23N3O4S2. The molecule has 0 radical (unpaired) electrons. The highest BCUT2D eigenvalue weighted by Crippen LogP contribution is 2.32. The topological polar surface area (TPSA) is 101 Å². The van der Waals surface area contributed by atoms with Crippen LogP contribution in [0.1, 0.15) is 34.7 Å². The van der Waals surface area contributed by atoms with Crippen molar-refractivity contribution in [3.8, 4) is 0 Å². The lowest BCUT2D eigenvalue weighted by Gasteiger charge is -2.04. The second-order valence-electron chi connectivity index (χ2n) is 7.39. The minimum absolute atomic E-state index is 0.0213. The van der Waals surface area contributed by atoms with Gasteiger partial charge in [-0.15, -0.1) is 11.3 Å². The van der Waals surface area contributed by atoms with Crippen molar-refractivity contribution in [1.82, 2.24) is 9.88 Å². The molecule has 1 fully saturated rings. The Labute approximate surface area is 185 Å². The van der Waals surface area contributed by atoms with E-state index in [1.807, 2.05) is 30.3 Å². The maximum atomic E-state index is 12.6. The van der Waals surface area contributed by atoms with Crippen LogP contribution in [0.4, 0.5) is 5.69 Å². The van der Waals surface area contributed by atoms with Crippen molar-refractivity contribution in [3.63, 3.8) is 0 Å². The van der Waals surface area contributed by atoms with E-state index in [9.17, 15) is 13.2 Å². The Bertz CT molecular complexity index is 1190. The smallest absolute Gasteiger partial charge is 0.250 e. The monoisotopic (exact) mass is 457 g/mol. The second kappa shape index (κ2) is 9.17. The van der Waals surface area contributed by atoms with Gasteiger partial charge in [0.05, 0.1) is 0 Å². The summed E-state index contributed by atoms with van der Waals surface area (Å²) >= 11 is 1.16. The van der Waals surface area contributed by atoms with Gasteiger partial charge in [0.2, 0.25) is 15.9 Å². The molecule has 162 valence electrons. The number of amides is 1. The largest absolute Gasteiger partial charge is 0.354 e. The molecule has 1 saturated carbocycles. The van der Waals surface area contributed by atoms with Gasteiger partial charge < -0.3 is 9.84 Å². The Balaban J connectivity index is 1.39. The van der Waals surface area contributed by atoms with E-state index in [1.54, 1.807) is 31.2 Å². The number of rotatable bonds is 9. The molecule has 3 aromatic rings. The maximum absolute atomic E-state index is 12.6. The number of thiophene rings is 1. The van der Waals surface area contributed by atoms with Crippen molar-refractivity contribution in [1.29, 1.82) is 0 Å². The van der Waals surface area contributed by atoms with Crippen LogP contribution in [-0.2, 0) is 21.2 Å². The SMILES string of the molecule is Cc1noc(/C=C/c2ccc(S(=O)(=O)NCCc3ccccc3)s2)c1NC(=O)C1CC1. The third kappa shape index (κ3) is 5.49. The number of carbonyl (C=O) groups is 1. The number of nitrogens with one attached hydrogen (secondary N) is 2. The number of sulfonamides is 1. The number of aromatic nitrogens is 1. The van der Waals surface area contributed by atoms with Crippen LogP contribution in [0, 0.1) is 12.8 Å². The standard InChI is InChI=1S/C22H23N3O4S2/c1-15-21(24-22(26)17-7-8-17)19(29-25-15)11-9-18-10-12-20(30-18)31(27,28)23-14-13-16-5-3-2-4-6-16/h2-6,9-12,17,23H,7-8,13-14H2,1H3,(H,24,26)/b11-9+. The molecule has 31 heavy (non-hydrogen) atoms. The summed E-state index contributed by atoms with van der Waals surface area (Å²) in [7, 11) is -3.57. The van der Waals surface area contributed by atoms with Gasteiger partial charge in [-0.3, -0.25) is 4.79 Å². The minimum Gasteiger partial charge on any atom is -0.354 e. The highest BCUT2D eigenvalue weighted by atomic mass is 32.2. The van der Waals surface area contributed by atoms with Crippen molar-refractivity contribution < 1.29 is 17.7 Å². The van der Waals surface area contributed by atoms with E-state index in [-0.39, 0.29) is 16.0 Å². The molecular weight excluding hydrogens is 434 g/mol. The fraction of sp³-hybridized carbons (Fsp3) is 0.273. The zero-order chi connectivity index (χ0) is 21.8. The molecule has 1 aromatic carbocycles. The molecule has 4 rings (SSSR count). The van der Waals surface area contributed by atoms with Gasteiger partial charge in [0.25, 0.3) is 0 Å². The molecule has 9 heteroatoms. The Kier molecular flexibility index (Phi) is 6.35. The quantitative estimate of drug-likeness (QED) is 0.504. The van der Waals surface area contributed by atoms with E-state index in [0.29, 0.717) is 30.1 Å². The molecule has 0 aliphatic heterocycles. The van der Waals surface area contributed by atoms with Crippen LogP contribution in [0.2, 0.25) is 0 Å². The Morgan fingerprint density at radius 2 is 1.97 bits per heavy atom. The van der Waals surface area contributed by atoms with Crippen LogP contribution < -0.4 is 10.0 Å². The number of anilines is 1. The summed E-state index contributed by atoms with van der Waals surface area (Å²) < 4.78 is 33.3. The number of hydrogen-bond donors (Lipinski definition) is 2. The molecule has 0 atom stereocenters. The van der Waals surface area contributed by atoms with Gasteiger partial charge in [0, 0.05) is 17.3 Å². The van der Waals surface area contributed by atoms with Crippen LogP contribution >= 0.6 is 11.3 Å². The predicted molar refractivity (Wildman–Crippen MR) is 121 cm³/mol. The summed E-state index contributed by atoms with van der Waals surface area (Å²) in [5, 5.41) is 6.80. The van der Waals surface area contributed by atoms with E-state index in [4.69, 9.17) is 4.52 Å². The summed E-state index contributed by atoms with van der Waals surface area (Å²) in [5.74, 6) is 0.489. The van der Waals surface area contributed by atoms with Gasteiger partial charge in [0.1, 0.15) is 15.6 Å². The number of benzene rings is 1. The summed E-state index contributed by atoms with van der Waals surface area (Å²) in [4.78, 5) is 12.8. The first-order chi connectivity index (χ1) is 14.9. The average Bonchev–Trinajstić information content (AvgIpc) is 3.40. The normalized spacial score (nSPS) is 14.2. The fourth-order valence-corrected chi connectivity index (χ4v) is 5.30. The summed E-state index contributed by atoms with van der Waals surface area (Å²) in [6.45, 7) is 2.09. The van der Waals surface area contributed by atoms with Crippen molar-refractivity contribution in [2.75, 3.05) is 11.9 Å². The van der Waals surface area contributed by atoms with E-state index < -0.39 is 10.0 Å². The van der Waals surface area contributed by atoms with Gasteiger partial charge in [-0.05, 0) is 56.0 Å². The zero-order valence-electron chi connectivity index (χ0n) is 17.0. The third-order valence-corrected chi connectivity index (χ3v) is 7.90. The van der Waals surface area contributed by atoms with Crippen molar-refractivity contribution >= 4 is 45.1 Å². The molecule has 1 amide bonds. The molecule has 1 aliphatic carbocycles. The number of nitrogens with zero attached hydrogens (tertiary/aromatic N) is 1. The lowest BCUT2D eigenvalue weighted by atomic mass is 10.2. The Morgan fingerprint density at radius 3 is 2.71 bits per heavy atom. The van der Waals surface area contributed by atoms with E-state index in [0.717, 1.165) is 34.6 Å². The van der Waals surface area contributed by atoms with Crippen LogP contribution in [0.15, 0.2) is 51.2 Å². The zero-order valence-corrected chi connectivity index (χ0v) is 18.6. The van der Waals surface area contributed by atoms with Crippen LogP contribution in [0.25, 0.3) is 12.2 Å². The van der Waals surface area contributed by atoms with Crippen molar-refractivity contribution in [2.24, 2.45) is 5.92 Å². The highest BCUT2D eigenvalue weighted by molar-refractivity contribution is 7.91. The molecule has 0 spiro atoms. The number of hydrogen-bond acceptors (Lipinski definition) is 6. The number of aryl methyl sites for hydroxylation is 1. The van der Waals surface area contributed by atoms with E-state index in [1.165, 1.54) is 0 Å². The first-order valence-electron chi connectivity index (χ1n) is 10.0. The summed E-state index contributed by atoms with van der Waals surface area (Å²) in [6.07, 6.45) is 5.88. The Hall–Kier alpha value is -2.75. The molecule has 2 heterocycles. The van der Waals surface area contributed by atoms with Gasteiger partial charge in [-0.25, -0.2) is 13.1 Å². The minimum atomic E-state index is -3.57. The van der Waals surface area contributed by atoms with Crippen LogP contribution in [0.3, 0.4) is 0 Å². The van der Waals surface area contributed by atoms with Gasteiger partial charge in [-0.2, -0.15) is 0 Å². The summed E-state index contributed by atoms with van der Waals surface area (Å²) in [5.41, 5.74) is 2.23. The molecule has 2 N–H and O–H groups in total. The molecule has 7 nitrogen and oxygen atoms in total. The highest BCUT2D eigenvalue weighted by Gasteiger charge is 2.30. The van der Waals surface area contributed by atoms with Gasteiger partial charge in [-0.1, -0.05) is 35.5 Å². The van der Waals surface area contributed by atoms with Gasteiger partial charge in [0.15, 0.2) is 5.76 Å². The second-order valence-corrected chi connectivity index (χ2v) is 10.5. The average molecular weight is 458 g/mol.